The highest BCUT2D eigenvalue weighted by molar-refractivity contribution is 6.01. The summed E-state index contributed by atoms with van der Waals surface area (Å²) in [4.78, 5) is 12.9. The van der Waals surface area contributed by atoms with Crippen LogP contribution < -0.4 is 5.32 Å². The molecule has 1 heterocycles. The van der Waals surface area contributed by atoms with E-state index in [1.165, 1.54) is 0 Å². The largest absolute Gasteiger partial charge is 0.382 e. The predicted molar refractivity (Wildman–Crippen MR) is 107 cm³/mol. The molecule has 0 fully saturated rings. The number of hydrogen-bond donors (Lipinski definition) is 1. The van der Waals surface area contributed by atoms with Crippen molar-refractivity contribution in [2.75, 3.05) is 19.8 Å². The van der Waals surface area contributed by atoms with Crippen molar-refractivity contribution < 1.29 is 9.53 Å². The maximum Gasteiger partial charge on any atom is 0.255 e. The van der Waals surface area contributed by atoms with Gasteiger partial charge in [0.2, 0.25) is 0 Å². The quantitative estimate of drug-likeness (QED) is 0.615. The second-order valence-electron chi connectivity index (χ2n) is 6.23. The van der Waals surface area contributed by atoms with Gasteiger partial charge in [0, 0.05) is 25.3 Å². The molecule has 1 aromatic heterocycles. The zero-order valence-corrected chi connectivity index (χ0v) is 15.8. The molecule has 27 heavy (non-hydrogen) atoms. The molecule has 3 aromatic rings. The Morgan fingerprint density at radius 3 is 2.41 bits per heavy atom. The third-order valence-electron chi connectivity index (χ3n) is 4.35. The van der Waals surface area contributed by atoms with Crippen LogP contribution in [0.5, 0.6) is 0 Å². The van der Waals surface area contributed by atoms with Crippen LogP contribution in [-0.4, -0.2) is 35.4 Å². The van der Waals surface area contributed by atoms with Gasteiger partial charge in [-0.25, -0.2) is 4.68 Å². The van der Waals surface area contributed by atoms with E-state index in [0.29, 0.717) is 31.0 Å². The van der Waals surface area contributed by atoms with Crippen LogP contribution in [0.4, 0.5) is 0 Å². The molecule has 5 heteroatoms. The van der Waals surface area contributed by atoms with Crippen LogP contribution in [-0.2, 0) is 4.74 Å². The van der Waals surface area contributed by atoms with Gasteiger partial charge in [-0.3, -0.25) is 4.79 Å². The van der Waals surface area contributed by atoms with E-state index in [1.807, 2.05) is 79.2 Å². The SMILES string of the molecule is CCOCCCNC(=O)c1c(-c2ccccc2)nn(-c2ccccc2)c1C. The Kier molecular flexibility index (Phi) is 6.39. The molecule has 140 valence electrons. The van der Waals surface area contributed by atoms with E-state index in [1.54, 1.807) is 0 Å². The fourth-order valence-corrected chi connectivity index (χ4v) is 3.00. The predicted octanol–water partition coefficient (Wildman–Crippen LogP) is 4.00. The number of carbonyl (C=O) groups is 1. The number of benzene rings is 2. The molecule has 0 saturated carbocycles. The maximum absolute atomic E-state index is 12.9. The fourth-order valence-electron chi connectivity index (χ4n) is 3.00. The number of nitrogens with one attached hydrogen (secondary N) is 1. The van der Waals surface area contributed by atoms with E-state index in [9.17, 15) is 4.79 Å². The molecule has 0 saturated heterocycles. The van der Waals surface area contributed by atoms with Gasteiger partial charge < -0.3 is 10.1 Å². The normalized spacial score (nSPS) is 10.7. The number of carbonyl (C=O) groups excluding carboxylic acids is 1. The Hall–Kier alpha value is -2.92. The highest BCUT2D eigenvalue weighted by Crippen LogP contribution is 2.27. The lowest BCUT2D eigenvalue weighted by atomic mass is 10.1. The van der Waals surface area contributed by atoms with Crippen LogP contribution in [0.15, 0.2) is 60.7 Å². The summed E-state index contributed by atoms with van der Waals surface area (Å²) in [7, 11) is 0. The van der Waals surface area contributed by atoms with Gasteiger partial charge >= 0.3 is 0 Å². The number of aromatic nitrogens is 2. The smallest absolute Gasteiger partial charge is 0.255 e. The summed E-state index contributed by atoms with van der Waals surface area (Å²) >= 11 is 0. The summed E-state index contributed by atoms with van der Waals surface area (Å²) in [5.41, 5.74) is 3.99. The van der Waals surface area contributed by atoms with Gasteiger partial charge in [-0.15, -0.1) is 0 Å². The highest BCUT2D eigenvalue weighted by Gasteiger charge is 2.22. The molecule has 0 bridgehead atoms. The first-order chi connectivity index (χ1) is 13.2. The number of ether oxygens (including phenoxy) is 1. The number of hydrogen-bond acceptors (Lipinski definition) is 3. The van der Waals surface area contributed by atoms with E-state index in [0.717, 1.165) is 23.4 Å². The van der Waals surface area contributed by atoms with Crippen molar-refractivity contribution in [3.63, 3.8) is 0 Å². The summed E-state index contributed by atoms with van der Waals surface area (Å²) in [6.45, 7) is 5.80. The van der Waals surface area contributed by atoms with Crippen molar-refractivity contribution in [1.29, 1.82) is 0 Å². The first-order valence-electron chi connectivity index (χ1n) is 9.28. The van der Waals surface area contributed by atoms with Crippen LogP contribution in [0, 0.1) is 6.92 Å². The van der Waals surface area contributed by atoms with Crippen LogP contribution in [0.25, 0.3) is 16.9 Å². The Morgan fingerprint density at radius 1 is 1.07 bits per heavy atom. The fraction of sp³-hybridized carbons (Fsp3) is 0.273. The van der Waals surface area contributed by atoms with E-state index in [2.05, 4.69) is 5.32 Å². The molecule has 0 spiro atoms. The maximum atomic E-state index is 12.9. The highest BCUT2D eigenvalue weighted by atomic mass is 16.5. The molecule has 3 rings (SSSR count). The second kappa shape index (κ2) is 9.14. The Balaban J connectivity index is 1.93. The molecule has 5 nitrogen and oxygen atoms in total. The van der Waals surface area contributed by atoms with Gasteiger partial charge in [-0.05, 0) is 32.4 Å². The number of rotatable bonds is 8. The summed E-state index contributed by atoms with van der Waals surface area (Å²) < 4.78 is 7.16. The minimum atomic E-state index is -0.106. The van der Waals surface area contributed by atoms with Crippen molar-refractivity contribution in [2.24, 2.45) is 0 Å². The van der Waals surface area contributed by atoms with Crippen LogP contribution in [0.3, 0.4) is 0 Å². The number of nitrogens with zero attached hydrogens (tertiary/aromatic N) is 2. The third-order valence-corrected chi connectivity index (χ3v) is 4.35. The van der Waals surface area contributed by atoms with Crippen LogP contribution in [0.2, 0.25) is 0 Å². The van der Waals surface area contributed by atoms with Crippen molar-refractivity contribution in [3.8, 4) is 16.9 Å². The Bertz CT molecular complexity index is 873. The lowest BCUT2D eigenvalue weighted by Gasteiger charge is -2.07. The van der Waals surface area contributed by atoms with Crippen LogP contribution in [0.1, 0.15) is 29.4 Å². The number of para-hydroxylation sites is 1. The topological polar surface area (TPSA) is 56.1 Å². The molecular weight excluding hydrogens is 338 g/mol. The van der Waals surface area contributed by atoms with E-state index >= 15 is 0 Å². The van der Waals surface area contributed by atoms with Gasteiger partial charge in [-0.2, -0.15) is 5.10 Å². The van der Waals surface area contributed by atoms with E-state index in [-0.39, 0.29) is 5.91 Å². The average molecular weight is 363 g/mol. The van der Waals surface area contributed by atoms with Crippen molar-refractivity contribution >= 4 is 5.91 Å². The lowest BCUT2D eigenvalue weighted by Crippen LogP contribution is -2.26. The molecule has 0 unspecified atom stereocenters. The Morgan fingerprint density at radius 2 is 1.74 bits per heavy atom. The first-order valence-corrected chi connectivity index (χ1v) is 9.28. The molecule has 0 radical (unpaired) electrons. The zero-order chi connectivity index (χ0) is 19.1. The summed E-state index contributed by atoms with van der Waals surface area (Å²) in [5.74, 6) is -0.106. The van der Waals surface area contributed by atoms with E-state index in [4.69, 9.17) is 9.84 Å². The van der Waals surface area contributed by atoms with Crippen molar-refractivity contribution in [1.82, 2.24) is 15.1 Å². The molecule has 0 aliphatic heterocycles. The molecule has 1 amide bonds. The molecule has 0 aliphatic rings. The van der Waals surface area contributed by atoms with Crippen molar-refractivity contribution in [3.05, 3.63) is 71.9 Å². The van der Waals surface area contributed by atoms with Gasteiger partial charge in [0.15, 0.2) is 0 Å². The first kappa shape index (κ1) is 18.9. The van der Waals surface area contributed by atoms with Gasteiger partial charge in [0.1, 0.15) is 5.69 Å². The van der Waals surface area contributed by atoms with Gasteiger partial charge in [-0.1, -0.05) is 48.5 Å². The zero-order valence-electron chi connectivity index (χ0n) is 15.8. The minimum Gasteiger partial charge on any atom is -0.382 e. The lowest BCUT2D eigenvalue weighted by molar-refractivity contribution is 0.0944. The second-order valence-corrected chi connectivity index (χ2v) is 6.23. The molecular formula is C22H25N3O2. The standard InChI is InChI=1S/C22H25N3O2/c1-3-27-16-10-15-23-22(26)20-17(2)25(19-13-8-5-9-14-19)24-21(20)18-11-6-4-7-12-18/h4-9,11-14H,3,10,15-16H2,1-2H3,(H,23,26). The van der Waals surface area contributed by atoms with Crippen LogP contribution >= 0.6 is 0 Å². The monoisotopic (exact) mass is 363 g/mol. The van der Waals surface area contributed by atoms with Crippen molar-refractivity contribution in [2.45, 2.75) is 20.3 Å². The summed E-state index contributed by atoms with van der Waals surface area (Å²) in [6.07, 6.45) is 0.784. The number of amides is 1. The molecule has 1 N–H and O–H groups in total. The third kappa shape index (κ3) is 4.44. The Labute approximate surface area is 160 Å². The van der Waals surface area contributed by atoms with Gasteiger partial charge in [0.25, 0.3) is 5.91 Å². The van der Waals surface area contributed by atoms with E-state index < -0.39 is 0 Å². The molecule has 0 atom stereocenters. The van der Waals surface area contributed by atoms with Gasteiger partial charge in [0.05, 0.1) is 16.9 Å². The minimum absolute atomic E-state index is 0.106. The molecule has 0 aliphatic carbocycles. The average Bonchev–Trinajstić information content (AvgIpc) is 3.06. The molecule has 2 aromatic carbocycles. The summed E-state index contributed by atoms with van der Waals surface area (Å²) in [6, 6.07) is 19.7. The summed E-state index contributed by atoms with van der Waals surface area (Å²) in [5, 5.41) is 7.76.